The zero-order valence-electron chi connectivity index (χ0n) is 34.6. The minimum atomic E-state index is -0.0313. The molecule has 0 bridgehead atoms. The number of rotatable bonds is 6. The number of hydrogen-bond donors (Lipinski definition) is 0. The van der Waals surface area contributed by atoms with Crippen LogP contribution < -0.4 is 14.5 Å². The van der Waals surface area contributed by atoms with Crippen molar-refractivity contribution in [2.45, 2.75) is 52.4 Å². The normalized spacial score (nSPS) is 12.9. The maximum Gasteiger partial charge on any atom is 0.135 e. The molecule has 2 aromatic heterocycles. The molecule has 0 saturated carbocycles. The van der Waals surface area contributed by atoms with Crippen LogP contribution >= 0.6 is 0 Å². The molecule has 0 fully saturated rings. The molecule has 1 aliphatic heterocycles. The summed E-state index contributed by atoms with van der Waals surface area (Å²) < 4.78 is 8.87. The average Bonchev–Trinajstić information content (AvgIpc) is 3.80. The van der Waals surface area contributed by atoms with Crippen LogP contribution in [-0.4, -0.2) is 9.55 Å². The van der Waals surface area contributed by atoms with E-state index in [0.29, 0.717) is 11.5 Å². The van der Waals surface area contributed by atoms with Crippen molar-refractivity contribution in [3.05, 3.63) is 188 Å². The number of anilines is 4. The number of pyridine rings is 1. The zero-order valence-corrected chi connectivity index (χ0v) is 36.9. The third kappa shape index (κ3) is 6.95. The maximum atomic E-state index is 6.67. The summed E-state index contributed by atoms with van der Waals surface area (Å²) in [5, 5.41) is 4.57. The van der Waals surface area contributed by atoms with Gasteiger partial charge in [0.1, 0.15) is 5.82 Å². The van der Waals surface area contributed by atoms with Crippen LogP contribution in [0.4, 0.5) is 22.7 Å². The Labute approximate surface area is 367 Å². The molecule has 10 rings (SSSR count). The van der Waals surface area contributed by atoms with E-state index in [1.54, 1.807) is 0 Å². The van der Waals surface area contributed by atoms with E-state index >= 15 is 0 Å². The topological polar surface area (TPSA) is 33.5 Å². The van der Waals surface area contributed by atoms with Gasteiger partial charge in [0.15, 0.2) is 0 Å². The van der Waals surface area contributed by atoms with Crippen LogP contribution in [-0.2, 0) is 31.9 Å². The Morgan fingerprint density at radius 3 is 2.08 bits per heavy atom. The molecule has 0 N–H and O–H groups in total. The Balaban J connectivity index is 0.00000462. The first-order valence-corrected chi connectivity index (χ1v) is 20.3. The van der Waals surface area contributed by atoms with Crippen LogP contribution in [0, 0.1) is 18.8 Å². The molecule has 0 unspecified atom stereocenters. The number of aromatic nitrogens is 2. The van der Waals surface area contributed by atoms with Gasteiger partial charge < -0.3 is 19.1 Å². The first kappa shape index (κ1) is 39.3. The monoisotopic (exact) mass is 960 g/mol. The van der Waals surface area contributed by atoms with E-state index in [9.17, 15) is 0 Å². The summed E-state index contributed by atoms with van der Waals surface area (Å²) in [6.07, 6.45) is 1.90. The number of ether oxygens (including phenoxy) is 1. The molecule has 0 amide bonds. The van der Waals surface area contributed by atoms with Gasteiger partial charge in [-0.3, -0.25) is 0 Å². The number of fused-ring (bicyclic) bond motifs is 6. The second-order valence-electron chi connectivity index (χ2n) is 17.5. The van der Waals surface area contributed by atoms with Crippen LogP contribution in [0.15, 0.2) is 158 Å². The van der Waals surface area contributed by atoms with Gasteiger partial charge in [-0.1, -0.05) is 138 Å². The number of hydrogen-bond acceptors (Lipinski definition) is 4. The van der Waals surface area contributed by atoms with Crippen molar-refractivity contribution in [2.75, 3.05) is 9.80 Å². The van der Waals surface area contributed by atoms with E-state index in [1.165, 1.54) is 27.6 Å². The van der Waals surface area contributed by atoms with Crippen molar-refractivity contribution in [2.24, 2.45) is 0 Å². The molecule has 300 valence electrons. The fraction of sp³-hybridized carbons (Fsp3) is 0.148. The standard InChI is InChI=1S/C54H45N4O.Pt/c1-53(2,3)38-24-26-43(36-15-8-7-9-16-36)49(31-38)57-35-56(52-44-20-11-10-17-37(44)23-28-48(52)57)40-18-14-19-41(33-40)59-42-25-27-46-45-21-12-13-22-47(45)58(50(46)34-42)51-32-39(29-30-55-51)54(4,5)6;/h7-32,35H,1-6H3;/q-3;. The molecule has 7 aromatic carbocycles. The SMILES string of the molecule is CC(C)(C)c1ccnc(-n2c3[c-]c(Oc4[c-]c(N5[CH-]N(c6cc(C(C)(C)C)ccc6-c6ccccc6)c6ccc7ccccc7c65)ccc4)ccc3c3ccccc32)c1.[Pt]. The van der Waals surface area contributed by atoms with Crippen LogP contribution in [0.5, 0.6) is 11.5 Å². The van der Waals surface area contributed by atoms with E-state index in [1.807, 2.05) is 24.4 Å². The molecule has 0 atom stereocenters. The summed E-state index contributed by atoms with van der Waals surface area (Å²) in [6.45, 7) is 15.7. The molecule has 0 aliphatic carbocycles. The third-order valence-corrected chi connectivity index (χ3v) is 11.4. The molecule has 9 aromatic rings. The van der Waals surface area contributed by atoms with Gasteiger partial charge in [-0.25, -0.2) is 4.98 Å². The van der Waals surface area contributed by atoms with E-state index in [-0.39, 0.29) is 31.9 Å². The van der Waals surface area contributed by atoms with Gasteiger partial charge in [-0.2, -0.15) is 12.1 Å². The number of benzene rings is 7. The van der Waals surface area contributed by atoms with Gasteiger partial charge in [-0.15, -0.1) is 48.1 Å². The predicted molar refractivity (Wildman–Crippen MR) is 245 cm³/mol. The van der Waals surface area contributed by atoms with Crippen molar-refractivity contribution in [1.29, 1.82) is 0 Å². The largest absolute Gasteiger partial charge is 0.509 e. The van der Waals surface area contributed by atoms with Crippen molar-refractivity contribution in [1.82, 2.24) is 9.55 Å². The fourth-order valence-corrected chi connectivity index (χ4v) is 8.29. The van der Waals surface area contributed by atoms with Gasteiger partial charge >= 0.3 is 0 Å². The quantitative estimate of drug-likeness (QED) is 0.156. The van der Waals surface area contributed by atoms with Crippen LogP contribution in [0.2, 0.25) is 0 Å². The maximum absolute atomic E-state index is 6.67. The molecular formula is C54H45N4OPt-3. The summed E-state index contributed by atoms with van der Waals surface area (Å²) in [6, 6.07) is 60.8. The second kappa shape index (κ2) is 15.1. The Hall–Kier alpha value is -6.16. The molecule has 5 nitrogen and oxygen atoms in total. The molecular weight excluding hydrogens is 916 g/mol. The first-order valence-electron chi connectivity index (χ1n) is 20.3. The Bertz CT molecular complexity index is 3050. The molecule has 6 heteroatoms. The summed E-state index contributed by atoms with van der Waals surface area (Å²) in [5.41, 5.74) is 10.9. The number of nitrogens with zero attached hydrogens (tertiary/aromatic N) is 4. The van der Waals surface area contributed by atoms with Gasteiger partial charge in [0.2, 0.25) is 0 Å². The molecule has 1 aliphatic rings. The zero-order chi connectivity index (χ0) is 40.5. The van der Waals surface area contributed by atoms with Gasteiger partial charge in [-0.05, 0) is 68.6 Å². The summed E-state index contributed by atoms with van der Waals surface area (Å²) in [5.74, 6) is 2.06. The molecule has 0 saturated heterocycles. The Kier molecular flexibility index (Phi) is 9.92. The Morgan fingerprint density at radius 2 is 1.28 bits per heavy atom. The van der Waals surface area contributed by atoms with Crippen molar-refractivity contribution < 1.29 is 25.8 Å². The van der Waals surface area contributed by atoms with Crippen molar-refractivity contribution in [3.8, 4) is 28.4 Å². The van der Waals surface area contributed by atoms with E-state index in [0.717, 1.165) is 55.8 Å². The number of para-hydroxylation sites is 1. The molecule has 60 heavy (non-hydrogen) atoms. The third-order valence-electron chi connectivity index (χ3n) is 11.4. The molecule has 0 radical (unpaired) electrons. The van der Waals surface area contributed by atoms with Crippen LogP contribution in [0.25, 0.3) is 49.5 Å². The fourth-order valence-electron chi connectivity index (χ4n) is 8.29. The minimum Gasteiger partial charge on any atom is -0.509 e. The summed E-state index contributed by atoms with van der Waals surface area (Å²) in [4.78, 5) is 9.44. The summed E-state index contributed by atoms with van der Waals surface area (Å²) >= 11 is 0. The van der Waals surface area contributed by atoms with Crippen molar-refractivity contribution in [3.63, 3.8) is 0 Å². The second-order valence-corrected chi connectivity index (χ2v) is 17.5. The van der Waals surface area contributed by atoms with Gasteiger partial charge in [0.05, 0.1) is 0 Å². The van der Waals surface area contributed by atoms with E-state index < -0.39 is 0 Å². The van der Waals surface area contributed by atoms with Gasteiger partial charge in [0, 0.05) is 72.3 Å². The van der Waals surface area contributed by atoms with Crippen molar-refractivity contribution >= 4 is 55.3 Å². The van der Waals surface area contributed by atoms with E-state index in [4.69, 9.17) is 9.72 Å². The summed E-state index contributed by atoms with van der Waals surface area (Å²) in [7, 11) is 0. The van der Waals surface area contributed by atoms with Crippen LogP contribution in [0.3, 0.4) is 0 Å². The van der Waals surface area contributed by atoms with E-state index in [2.05, 4.69) is 208 Å². The molecule has 0 spiro atoms. The minimum absolute atomic E-state index is 0. The Morgan fingerprint density at radius 1 is 0.567 bits per heavy atom. The first-order chi connectivity index (χ1) is 28.5. The molecule has 3 heterocycles. The van der Waals surface area contributed by atoms with Gasteiger partial charge in [0.25, 0.3) is 0 Å². The smallest absolute Gasteiger partial charge is 0.135 e. The van der Waals surface area contributed by atoms with Crippen LogP contribution in [0.1, 0.15) is 52.7 Å². The average molecular weight is 961 g/mol. The predicted octanol–water partition coefficient (Wildman–Crippen LogP) is 14.4.